The van der Waals surface area contributed by atoms with Gasteiger partial charge in [-0.1, -0.05) is 12.1 Å². The maximum absolute atomic E-state index is 12.3. The van der Waals surface area contributed by atoms with E-state index >= 15 is 0 Å². The van der Waals surface area contributed by atoms with Gasteiger partial charge in [0.15, 0.2) is 6.61 Å². The lowest BCUT2D eigenvalue weighted by atomic mass is 10.1. The monoisotopic (exact) mass is 358 g/mol. The molecule has 2 aliphatic rings. The first-order valence-corrected chi connectivity index (χ1v) is 8.79. The molecule has 2 fully saturated rings. The van der Waals surface area contributed by atoms with Crippen LogP contribution in [0.1, 0.15) is 12.0 Å². The number of alkyl halides is 3. The molecule has 0 amide bonds. The molecule has 4 nitrogen and oxygen atoms in total. The van der Waals surface area contributed by atoms with Crippen LogP contribution in [0.3, 0.4) is 0 Å². The number of halogens is 3. The van der Waals surface area contributed by atoms with E-state index in [9.17, 15) is 13.2 Å². The molecule has 0 aliphatic carbocycles. The Hall–Kier alpha value is -1.31. The molecule has 0 spiro atoms. The summed E-state index contributed by atoms with van der Waals surface area (Å²) >= 11 is 0. The molecule has 0 saturated carbocycles. The summed E-state index contributed by atoms with van der Waals surface area (Å²) in [6, 6.07) is 6.95. The van der Waals surface area contributed by atoms with E-state index in [1.54, 1.807) is 18.2 Å². The standard InChI is InChI=1S/C18H25F3N2O2/c19-18(20,21)14-25-17-3-1-2-15(10-17)11-22-5-7-23(8-6-22)12-16-4-9-24-13-16/h1-3,10,16H,4-9,11-14H2/t16-/m0/s1. The van der Waals surface area contributed by atoms with Crippen LogP contribution in [0.5, 0.6) is 5.75 Å². The van der Waals surface area contributed by atoms with Crippen LogP contribution in [0, 0.1) is 5.92 Å². The normalized spacial score (nSPS) is 23.1. The molecular weight excluding hydrogens is 333 g/mol. The molecule has 0 aromatic heterocycles. The van der Waals surface area contributed by atoms with Crippen LogP contribution in [0.4, 0.5) is 13.2 Å². The third-order valence-corrected chi connectivity index (χ3v) is 4.71. The molecular formula is C18H25F3N2O2. The highest BCUT2D eigenvalue weighted by atomic mass is 19.4. The Balaban J connectivity index is 1.43. The van der Waals surface area contributed by atoms with E-state index in [4.69, 9.17) is 9.47 Å². The number of nitrogens with zero attached hydrogens (tertiary/aromatic N) is 2. The van der Waals surface area contributed by atoms with Crippen LogP contribution in [0.2, 0.25) is 0 Å². The van der Waals surface area contributed by atoms with Crippen molar-refractivity contribution in [2.24, 2.45) is 5.92 Å². The van der Waals surface area contributed by atoms with Gasteiger partial charge >= 0.3 is 6.18 Å². The largest absolute Gasteiger partial charge is 0.484 e. The molecule has 1 atom stereocenters. The fraction of sp³-hybridized carbons (Fsp3) is 0.667. The number of hydrogen-bond donors (Lipinski definition) is 0. The van der Waals surface area contributed by atoms with Crippen molar-refractivity contribution in [3.05, 3.63) is 29.8 Å². The molecule has 3 rings (SSSR count). The van der Waals surface area contributed by atoms with E-state index in [0.717, 1.165) is 64.5 Å². The number of piperazine rings is 1. The van der Waals surface area contributed by atoms with Gasteiger partial charge in [-0.2, -0.15) is 13.2 Å². The summed E-state index contributed by atoms with van der Waals surface area (Å²) in [6.07, 6.45) is -3.15. The zero-order chi connectivity index (χ0) is 17.7. The predicted molar refractivity (Wildman–Crippen MR) is 88.6 cm³/mol. The van der Waals surface area contributed by atoms with Crippen LogP contribution in [0.25, 0.3) is 0 Å². The Bertz CT molecular complexity index is 539. The summed E-state index contributed by atoms with van der Waals surface area (Å²) in [5.41, 5.74) is 0.984. The minimum Gasteiger partial charge on any atom is -0.484 e. The average molecular weight is 358 g/mol. The smallest absolute Gasteiger partial charge is 0.422 e. The second-order valence-corrected chi connectivity index (χ2v) is 6.86. The third-order valence-electron chi connectivity index (χ3n) is 4.71. The molecule has 25 heavy (non-hydrogen) atoms. The molecule has 0 bridgehead atoms. The number of hydrogen-bond acceptors (Lipinski definition) is 4. The first-order chi connectivity index (χ1) is 12.0. The van der Waals surface area contributed by atoms with Crippen molar-refractivity contribution in [2.75, 3.05) is 52.5 Å². The van der Waals surface area contributed by atoms with E-state index in [1.165, 1.54) is 0 Å². The second kappa shape index (κ2) is 8.38. The van der Waals surface area contributed by atoms with Gasteiger partial charge in [-0.15, -0.1) is 0 Å². The van der Waals surface area contributed by atoms with Crippen molar-refractivity contribution in [3.8, 4) is 5.75 Å². The van der Waals surface area contributed by atoms with Crippen molar-refractivity contribution in [1.82, 2.24) is 9.80 Å². The van der Waals surface area contributed by atoms with Crippen LogP contribution >= 0.6 is 0 Å². The van der Waals surface area contributed by atoms with Crippen LogP contribution in [-0.4, -0.2) is 68.5 Å². The number of ether oxygens (including phenoxy) is 2. The van der Waals surface area contributed by atoms with Gasteiger partial charge in [0.2, 0.25) is 0 Å². The Morgan fingerprint density at radius 3 is 2.56 bits per heavy atom. The Morgan fingerprint density at radius 1 is 1.12 bits per heavy atom. The molecule has 140 valence electrons. The first kappa shape index (κ1) is 18.5. The van der Waals surface area contributed by atoms with Crippen molar-refractivity contribution < 1.29 is 22.6 Å². The van der Waals surface area contributed by atoms with Gasteiger partial charge in [0, 0.05) is 45.9 Å². The van der Waals surface area contributed by atoms with Crippen molar-refractivity contribution in [3.63, 3.8) is 0 Å². The first-order valence-electron chi connectivity index (χ1n) is 8.79. The Morgan fingerprint density at radius 2 is 1.88 bits per heavy atom. The summed E-state index contributed by atoms with van der Waals surface area (Å²) in [4.78, 5) is 4.82. The lowest BCUT2D eigenvalue weighted by Gasteiger charge is -2.35. The van der Waals surface area contributed by atoms with E-state index < -0.39 is 12.8 Å². The summed E-state index contributed by atoms with van der Waals surface area (Å²) in [7, 11) is 0. The SMILES string of the molecule is FC(F)(F)COc1cccc(CN2CCN(C[C@@H]3CCOC3)CC2)c1. The zero-order valence-corrected chi connectivity index (χ0v) is 14.3. The highest BCUT2D eigenvalue weighted by Crippen LogP contribution is 2.21. The molecule has 1 aromatic carbocycles. The van der Waals surface area contributed by atoms with Gasteiger partial charge in [-0.25, -0.2) is 0 Å². The molecule has 0 N–H and O–H groups in total. The molecule has 2 saturated heterocycles. The van der Waals surface area contributed by atoms with Gasteiger partial charge in [-0.05, 0) is 30.0 Å². The summed E-state index contributed by atoms with van der Waals surface area (Å²) in [5, 5.41) is 0. The van der Waals surface area contributed by atoms with Crippen molar-refractivity contribution in [2.45, 2.75) is 19.1 Å². The molecule has 2 aliphatic heterocycles. The Labute approximate surface area is 146 Å². The average Bonchev–Trinajstić information content (AvgIpc) is 3.08. The highest BCUT2D eigenvalue weighted by Gasteiger charge is 2.28. The van der Waals surface area contributed by atoms with Gasteiger partial charge in [0.25, 0.3) is 0 Å². The lowest BCUT2D eigenvalue weighted by molar-refractivity contribution is -0.153. The van der Waals surface area contributed by atoms with Gasteiger partial charge < -0.3 is 14.4 Å². The maximum atomic E-state index is 12.3. The number of benzene rings is 1. The van der Waals surface area contributed by atoms with Crippen LogP contribution in [-0.2, 0) is 11.3 Å². The molecule has 2 heterocycles. The second-order valence-electron chi connectivity index (χ2n) is 6.86. The fourth-order valence-corrected chi connectivity index (χ4v) is 3.38. The van der Waals surface area contributed by atoms with Crippen molar-refractivity contribution >= 4 is 0 Å². The fourth-order valence-electron chi connectivity index (χ4n) is 3.38. The molecule has 1 aromatic rings. The predicted octanol–water partition coefficient (Wildman–Crippen LogP) is 2.78. The summed E-state index contributed by atoms with van der Waals surface area (Å²) < 4.78 is 47.0. The minimum atomic E-state index is -4.31. The quantitative estimate of drug-likeness (QED) is 0.781. The minimum absolute atomic E-state index is 0.273. The summed E-state index contributed by atoms with van der Waals surface area (Å²) in [5.74, 6) is 0.934. The third kappa shape index (κ3) is 6.17. The summed E-state index contributed by atoms with van der Waals surface area (Å²) in [6.45, 7) is 6.37. The van der Waals surface area contributed by atoms with Crippen LogP contribution in [0.15, 0.2) is 24.3 Å². The van der Waals surface area contributed by atoms with E-state index in [-0.39, 0.29) is 5.75 Å². The Kier molecular flexibility index (Phi) is 6.19. The number of rotatable bonds is 6. The van der Waals surface area contributed by atoms with Gasteiger partial charge in [0.05, 0.1) is 6.61 Å². The molecule has 0 unspecified atom stereocenters. The topological polar surface area (TPSA) is 24.9 Å². The molecule has 0 radical (unpaired) electrons. The zero-order valence-electron chi connectivity index (χ0n) is 14.3. The van der Waals surface area contributed by atoms with Crippen molar-refractivity contribution in [1.29, 1.82) is 0 Å². The highest BCUT2D eigenvalue weighted by molar-refractivity contribution is 5.28. The lowest BCUT2D eigenvalue weighted by Crippen LogP contribution is -2.47. The van der Waals surface area contributed by atoms with Gasteiger partial charge in [0.1, 0.15) is 5.75 Å². The maximum Gasteiger partial charge on any atom is 0.422 e. The van der Waals surface area contributed by atoms with E-state index in [1.807, 2.05) is 6.07 Å². The van der Waals surface area contributed by atoms with Crippen LogP contribution < -0.4 is 4.74 Å². The van der Waals surface area contributed by atoms with E-state index in [0.29, 0.717) is 5.92 Å². The molecule has 7 heteroatoms. The van der Waals surface area contributed by atoms with Gasteiger partial charge in [-0.3, -0.25) is 4.90 Å². The van der Waals surface area contributed by atoms with E-state index in [2.05, 4.69) is 9.80 Å².